The Kier molecular flexibility index (Phi) is 7.54. The zero-order valence-corrected chi connectivity index (χ0v) is 20.0. The highest BCUT2D eigenvalue weighted by Crippen LogP contribution is 2.49. The van der Waals surface area contributed by atoms with Crippen LogP contribution in [0.15, 0.2) is 53.4 Å². The number of carbonyl (C=O) groups excluding carboxylic acids is 1. The molecular weight excluding hydrogens is 457 g/mol. The molecule has 4 rings (SSSR count). The molecule has 7 nitrogen and oxygen atoms in total. The average Bonchev–Trinajstić information content (AvgIpc) is 3.43. The third-order valence-corrected chi connectivity index (χ3v) is 8.77. The van der Waals surface area contributed by atoms with Gasteiger partial charge in [0.15, 0.2) is 0 Å². The van der Waals surface area contributed by atoms with Crippen LogP contribution in [0.4, 0.5) is 14.9 Å². The van der Waals surface area contributed by atoms with Gasteiger partial charge in [-0.05, 0) is 92.3 Å². The second kappa shape index (κ2) is 10.4. The lowest BCUT2D eigenvalue weighted by Crippen LogP contribution is -2.40. The Morgan fingerprint density at radius 1 is 1.09 bits per heavy atom. The van der Waals surface area contributed by atoms with E-state index in [2.05, 4.69) is 15.4 Å². The van der Waals surface area contributed by atoms with E-state index in [-0.39, 0.29) is 29.8 Å². The van der Waals surface area contributed by atoms with Crippen molar-refractivity contribution < 1.29 is 22.7 Å². The summed E-state index contributed by atoms with van der Waals surface area (Å²) in [5.41, 5.74) is 1.10. The molecule has 5 unspecified atom stereocenters. The molecule has 0 spiro atoms. The minimum atomic E-state index is -3.66. The number of rotatable bonds is 9. The van der Waals surface area contributed by atoms with Crippen LogP contribution in [-0.4, -0.2) is 32.2 Å². The fraction of sp³-hybridized carbons (Fsp3) is 0.480. The van der Waals surface area contributed by atoms with Crippen LogP contribution in [0.2, 0.25) is 0 Å². The molecule has 2 aliphatic carbocycles. The molecular formula is C25H32FN3O4S. The van der Waals surface area contributed by atoms with Crippen molar-refractivity contribution >= 4 is 21.7 Å². The van der Waals surface area contributed by atoms with E-state index in [1.807, 2.05) is 6.92 Å². The monoisotopic (exact) mass is 489 g/mol. The number of fused-ring (bicyclic) bond motifs is 2. The van der Waals surface area contributed by atoms with Crippen molar-refractivity contribution in [3.8, 4) is 0 Å². The van der Waals surface area contributed by atoms with E-state index in [1.54, 1.807) is 12.1 Å². The quantitative estimate of drug-likeness (QED) is 0.424. The number of nitrogens with one attached hydrogen (secondary N) is 3. The molecule has 2 aromatic rings. The van der Waals surface area contributed by atoms with Crippen LogP contribution in [0.25, 0.3) is 0 Å². The highest BCUT2D eigenvalue weighted by atomic mass is 32.2. The molecule has 4 N–H and O–H groups in total. The number of aliphatic hydroxyl groups is 1. The van der Waals surface area contributed by atoms with Gasteiger partial charge in [-0.25, -0.2) is 22.3 Å². The Morgan fingerprint density at radius 3 is 2.38 bits per heavy atom. The smallest absolute Gasteiger partial charge is 0.319 e. The number of amides is 2. The van der Waals surface area contributed by atoms with E-state index >= 15 is 0 Å². The summed E-state index contributed by atoms with van der Waals surface area (Å²) >= 11 is 0. The molecule has 2 aliphatic rings. The number of carbonyl (C=O) groups is 1. The molecule has 2 saturated carbocycles. The third-order valence-electron chi connectivity index (χ3n) is 7.19. The van der Waals surface area contributed by atoms with Gasteiger partial charge in [0.1, 0.15) is 5.82 Å². The summed E-state index contributed by atoms with van der Waals surface area (Å²) in [5, 5.41) is 14.7. The van der Waals surface area contributed by atoms with Gasteiger partial charge in [0.25, 0.3) is 0 Å². The predicted octanol–water partition coefficient (Wildman–Crippen LogP) is 4.17. The summed E-state index contributed by atoms with van der Waals surface area (Å²) in [7, 11) is -3.66. The maximum Gasteiger partial charge on any atom is 0.319 e. The number of benzene rings is 2. The molecule has 34 heavy (non-hydrogen) atoms. The Labute approximate surface area is 200 Å². The first-order valence-corrected chi connectivity index (χ1v) is 13.3. The van der Waals surface area contributed by atoms with E-state index < -0.39 is 22.1 Å². The molecule has 2 bridgehead atoms. The van der Waals surface area contributed by atoms with Crippen molar-refractivity contribution in [2.24, 2.45) is 17.8 Å². The minimum absolute atomic E-state index is 0.112. The molecule has 184 valence electrons. The summed E-state index contributed by atoms with van der Waals surface area (Å²) in [6.45, 7) is 1.80. The topological polar surface area (TPSA) is 108 Å². The lowest BCUT2D eigenvalue weighted by Gasteiger charge is -2.28. The second-order valence-corrected chi connectivity index (χ2v) is 11.2. The van der Waals surface area contributed by atoms with Crippen molar-refractivity contribution in [2.75, 3.05) is 11.9 Å². The van der Waals surface area contributed by atoms with Crippen molar-refractivity contribution in [2.45, 2.75) is 56.0 Å². The molecule has 9 heteroatoms. The Balaban J connectivity index is 1.35. The molecule has 2 amide bonds. The first-order chi connectivity index (χ1) is 16.2. The van der Waals surface area contributed by atoms with Crippen LogP contribution < -0.4 is 15.4 Å². The van der Waals surface area contributed by atoms with Gasteiger partial charge in [0, 0.05) is 18.3 Å². The van der Waals surface area contributed by atoms with Gasteiger partial charge < -0.3 is 15.7 Å². The number of hydrogen-bond acceptors (Lipinski definition) is 4. The largest absolute Gasteiger partial charge is 0.396 e. The highest BCUT2D eigenvalue weighted by molar-refractivity contribution is 7.89. The highest BCUT2D eigenvalue weighted by Gasteiger charge is 2.42. The van der Waals surface area contributed by atoms with Crippen molar-refractivity contribution in [3.63, 3.8) is 0 Å². The summed E-state index contributed by atoms with van der Waals surface area (Å²) < 4.78 is 41.8. The Morgan fingerprint density at radius 2 is 1.79 bits per heavy atom. The fourth-order valence-electron chi connectivity index (χ4n) is 5.50. The number of halogens is 1. The van der Waals surface area contributed by atoms with Crippen LogP contribution in [-0.2, 0) is 10.0 Å². The zero-order valence-electron chi connectivity index (χ0n) is 19.2. The van der Waals surface area contributed by atoms with E-state index in [4.69, 9.17) is 0 Å². The Hall–Kier alpha value is -2.49. The summed E-state index contributed by atoms with van der Waals surface area (Å²) in [6.07, 6.45) is 5.06. The lowest BCUT2D eigenvalue weighted by atomic mass is 9.84. The number of hydrogen-bond donors (Lipinski definition) is 4. The average molecular weight is 490 g/mol. The van der Waals surface area contributed by atoms with Crippen LogP contribution in [0.5, 0.6) is 0 Å². The van der Waals surface area contributed by atoms with Gasteiger partial charge in [0.2, 0.25) is 10.0 Å². The first-order valence-electron chi connectivity index (χ1n) is 11.8. The van der Waals surface area contributed by atoms with E-state index in [9.17, 15) is 22.7 Å². The van der Waals surface area contributed by atoms with Gasteiger partial charge in [0.05, 0.1) is 10.9 Å². The Bertz CT molecular complexity index is 1090. The standard InChI is InChI=1S/C25H32FN3O4S/c1-16(23-15-17-2-3-19(23)14-17)29-34(32,33)22-10-8-21(9-11-22)27-25(31)28-24(12-13-30)18-4-6-20(26)7-5-18/h4-11,16-17,19,23-24,29-30H,2-3,12-15H2,1H3,(H2,27,28,31). The molecule has 2 aromatic carbocycles. The number of aliphatic hydroxyl groups excluding tert-OH is 1. The SMILES string of the molecule is CC(NS(=O)(=O)c1ccc(NC(=O)NC(CCO)c2ccc(F)cc2)cc1)C1CC2CCC1C2. The molecule has 2 fully saturated rings. The summed E-state index contributed by atoms with van der Waals surface area (Å²) in [6, 6.07) is 10.6. The second-order valence-electron chi connectivity index (χ2n) is 9.49. The van der Waals surface area contributed by atoms with Crippen LogP contribution >= 0.6 is 0 Å². The van der Waals surface area contributed by atoms with Gasteiger partial charge in [-0.2, -0.15) is 0 Å². The summed E-state index contributed by atoms with van der Waals surface area (Å²) in [5.74, 6) is 1.38. The van der Waals surface area contributed by atoms with Crippen molar-refractivity contribution in [1.29, 1.82) is 0 Å². The van der Waals surface area contributed by atoms with E-state index in [0.717, 1.165) is 12.3 Å². The first kappa shape index (κ1) is 24.6. The summed E-state index contributed by atoms with van der Waals surface area (Å²) in [4.78, 5) is 12.6. The number of anilines is 1. The van der Waals surface area contributed by atoms with Gasteiger partial charge in [-0.3, -0.25) is 0 Å². The number of urea groups is 1. The lowest BCUT2D eigenvalue weighted by molar-refractivity contribution is 0.239. The van der Waals surface area contributed by atoms with Crippen molar-refractivity contribution in [1.82, 2.24) is 10.0 Å². The minimum Gasteiger partial charge on any atom is -0.396 e. The van der Waals surface area contributed by atoms with Crippen LogP contribution in [0.1, 0.15) is 50.6 Å². The fourth-order valence-corrected chi connectivity index (χ4v) is 6.79. The van der Waals surface area contributed by atoms with Gasteiger partial charge in [-0.15, -0.1) is 0 Å². The normalized spacial score (nSPS) is 23.4. The van der Waals surface area contributed by atoms with Gasteiger partial charge >= 0.3 is 6.03 Å². The maximum atomic E-state index is 13.2. The van der Waals surface area contributed by atoms with Gasteiger partial charge in [-0.1, -0.05) is 18.6 Å². The van der Waals surface area contributed by atoms with Crippen molar-refractivity contribution in [3.05, 3.63) is 59.9 Å². The predicted molar refractivity (Wildman–Crippen MR) is 128 cm³/mol. The van der Waals surface area contributed by atoms with E-state index in [1.165, 1.54) is 55.7 Å². The maximum absolute atomic E-state index is 13.2. The number of sulfonamides is 1. The molecule has 0 aromatic heterocycles. The molecule has 5 atom stereocenters. The van der Waals surface area contributed by atoms with Crippen LogP contribution in [0, 0.1) is 23.6 Å². The molecule has 0 radical (unpaired) electrons. The molecule has 0 aliphatic heterocycles. The van der Waals surface area contributed by atoms with Crippen LogP contribution in [0.3, 0.4) is 0 Å². The van der Waals surface area contributed by atoms with E-state index in [0.29, 0.717) is 23.1 Å². The zero-order chi connectivity index (χ0) is 24.3. The molecule has 0 saturated heterocycles. The third kappa shape index (κ3) is 5.76. The molecule has 0 heterocycles.